The van der Waals surface area contributed by atoms with E-state index in [1.807, 2.05) is 0 Å². The van der Waals surface area contributed by atoms with Crippen molar-refractivity contribution >= 4 is 17.3 Å². The highest BCUT2D eigenvalue weighted by molar-refractivity contribution is 6.19. The number of Topliss-reactive ketones (excluding diaryl/α,β-unsaturated/α-hetero) is 3. The summed E-state index contributed by atoms with van der Waals surface area (Å²) < 4.78 is 0. The maximum atomic E-state index is 11.0. The van der Waals surface area contributed by atoms with E-state index >= 15 is 0 Å². The van der Waals surface area contributed by atoms with Gasteiger partial charge in [0.2, 0.25) is 0 Å². The zero-order chi connectivity index (χ0) is 8.43. The monoisotopic (exact) mass is 154 g/mol. The molecule has 0 saturated heterocycles. The molecule has 1 rings (SSSR count). The Morgan fingerprint density at radius 3 is 2.00 bits per heavy atom. The van der Waals surface area contributed by atoms with Gasteiger partial charge in [-0.15, -0.1) is 0 Å². The molecule has 1 aliphatic rings. The molecule has 60 valence electrons. The maximum Gasteiger partial charge on any atom is 0.150 e. The van der Waals surface area contributed by atoms with Crippen LogP contribution >= 0.6 is 0 Å². The lowest BCUT2D eigenvalue weighted by Gasteiger charge is -2.15. The molecule has 1 fully saturated rings. The van der Waals surface area contributed by atoms with Crippen molar-refractivity contribution in [1.82, 2.24) is 0 Å². The fourth-order valence-electron chi connectivity index (χ4n) is 1.36. The lowest BCUT2D eigenvalue weighted by Crippen LogP contribution is -2.33. The van der Waals surface area contributed by atoms with Crippen LogP contribution in [0, 0.1) is 5.92 Å². The van der Waals surface area contributed by atoms with E-state index < -0.39 is 5.92 Å². The first kappa shape index (κ1) is 8.11. The van der Waals surface area contributed by atoms with Crippen LogP contribution < -0.4 is 0 Å². The fraction of sp³-hybridized carbons (Fsp3) is 0.625. The summed E-state index contributed by atoms with van der Waals surface area (Å²) in [6, 6.07) is 0. The van der Waals surface area contributed by atoms with Gasteiger partial charge in [0.05, 0.1) is 0 Å². The van der Waals surface area contributed by atoms with Crippen molar-refractivity contribution in [2.75, 3.05) is 0 Å². The maximum absolute atomic E-state index is 11.0. The third kappa shape index (κ3) is 1.53. The first-order valence-corrected chi connectivity index (χ1v) is 3.69. The second-order valence-electron chi connectivity index (χ2n) is 2.83. The van der Waals surface area contributed by atoms with Crippen LogP contribution in [-0.2, 0) is 14.4 Å². The molecule has 0 bridgehead atoms. The van der Waals surface area contributed by atoms with Crippen LogP contribution in [0.15, 0.2) is 0 Å². The number of hydrogen-bond donors (Lipinski definition) is 0. The van der Waals surface area contributed by atoms with Crippen LogP contribution in [0.3, 0.4) is 0 Å². The molecule has 0 aromatic rings. The summed E-state index contributed by atoms with van der Waals surface area (Å²) in [5, 5.41) is 0. The molecule has 1 aliphatic carbocycles. The highest BCUT2D eigenvalue weighted by atomic mass is 16.2. The Balaban J connectivity index is 2.79. The number of carbonyl (C=O) groups is 3. The van der Waals surface area contributed by atoms with Gasteiger partial charge in [-0.1, -0.05) is 0 Å². The largest absolute Gasteiger partial charge is 0.299 e. The van der Waals surface area contributed by atoms with Crippen LogP contribution in [-0.4, -0.2) is 17.3 Å². The smallest absolute Gasteiger partial charge is 0.150 e. The van der Waals surface area contributed by atoms with E-state index in [0.717, 1.165) is 0 Å². The topological polar surface area (TPSA) is 51.2 Å². The van der Waals surface area contributed by atoms with Crippen molar-refractivity contribution in [3.05, 3.63) is 0 Å². The minimum atomic E-state index is -0.927. The van der Waals surface area contributed by atoms with Gasteiger partial charge < -0.3 is 0 Å². The molecule has 1 saturated carbocycles. The molecule has 0 aromatic carbocycles. The zero-order valence-corrected chi connectivity index (χ0v) is 6.42. The normalized spacial score (nSPS) is 20.5. The van der Waals surface area contributed by atoms with Crippen LogP contribution in [0.4, 0.5) is 0 Å². The van der Waals surface area contributed by atoms with Gasteiger partial charge in [0.1, 0.15) is 11.7 Å². The van der Waals surface area contributed by atoms with E-state index in [9.17, 15) is 14.4 Å². The van der Waals surface area contributed by atoms with Crippen molar-refractivity contribution in [3.63, 3.8) is 0 Å². The van der Waals surface area contributed by atoms with E-state index in [1.165, 1.54) is 6.92 Å². The Labute approximate surface area is 64.8 Å². The Morgan fingerprint density at radius 2 is 1.73 bits per heavy atom. The Kier molecular flexibility index (Phi) is 2.17. The lowest BCUT2D eigenvalue weighted by molar-refractivity contribution is -0.141. The van der Waals surface area contributed by atoms with Gasteiger partial charge >= 0.3 is 0 Å². The summed E-state index contributed by atoms with van der Waals surface area (Å²) in [6.45, 7) is 1.30. The van der Waals surface area contributed by atoms with Gasteiger partial charge in [0.15, 0.2) is 11.6 Å². The summed E-state index contributed by atoms with van der Waals surface area (Å²) in [7, 11) is 0. The van der Waals surface area contributed by atoms with Gasteiger partial charge in [-0.05, 0) is 13.3 Å². The summed E-state index contributed by atoms with van der Waals surface area (Å²) >= 11 is 0. The Bertz CT molecular complexity index is 201. The van der Waals surface area contributed by atoms with Gasteiger partial charge in [-0.3, -0.25) is 14.4 Å². The zero-order valence-electron chi connectivity index (χ0n) is 6.42. The van der Waals surface area contributed by atoms with E-state index in [0.29, 0.717) is 19.3 Å². The molecule has 0 atom stereocenters. The third-order valence-corrected chi connectivity index (χ3v) is 1.90. The highest BCUT2D eigenvalue weighted by Gasteiger charge is 2.33. The average Bonchev–Trinajstić information content (AvgIpc) is 1.85. The van der Waals surface area contributed by atoms with Gasteiger partial charge in [-0.25, -0.2) is 0 Å². The van der Waals surface area contributed by atoms with Crippen LogP contribution in [0.1, 0.15) is 26.2 Å². The number of hydrogen-bond acceptors (Lipinski definition) is 3. The van der Waals surface area contributed by atoms with Crippen LogP contribution in [0.2, 0.25) is 0 Å². The molecule has 0 heterocycles. The predicted octanol–water partition coefficient (Wildman–Crippen LogP) is 0.514. The van der Waals surface area contributed by atoms with Crippen molar-refractivity contribution in [2.24, 2.45) is 5.92 Å². The second kappa shape index (κ2) is 2.95. The van der Waals surface area contributed by atoms with Crippen molar-refractivity contribution in [3.8, 4) is 0 Å². The first-order valence-electron chi connectivity index (χ1n) is 3.69. The minimum Gasteiger partial charge on any atom is -0.299 e. The Hall–Kier alpha value is -0.990. The van der Waals surface area contributed by atoms with Crippen molar-refractivity contribution in [1.29, 1.82) is 0 Å². The summed E-state index contributed by atoms with van der Waals surface area (Å²) in [5.41, 5.74) is 0. The summed E-state index contributed by atoms with van der Waals surface area (Å²) in [5.74, 6) is -1.63. The number of ketones is 3. The predicted molar refractivity (Wildman–Crippen MR) is 38.0 cm³/mol. The van der Waals surface area contributed by atoms with E-state index in [4.69, 9.17) is 0 Å². The molecular weight excluding hydrogens is 144 g/mol. The van der Waals surface area contributed by atoms with Crippen LogP contribution in [0.25, 0.3) is 0 Å². The number of carbonyl (C=O) groups excluding carboxylic acids is 3. The second-order valence-corrected chi connectivity index (χ2v) is 2.83. The quantitative estimate of drug-likeness (QED) is 0.517. The van der Waals surface area contributed by atoms with Crippen molar-refractivity contribution in [2.45, 2.75) is 26.2 Å². The Morgan fingerprint density at radius 1 is 1.27 bits per heavy atom. The third-order valence-electron chi connectivity index (χ3n) is 1.90. The van der Waals surface area contributed by atoms with Gasteiger partial charge in [0.25, 0.3) is 0 Å². The molecule has 0 spiro atoms. The van der Waals surface area contributed by atoms with Crippen LogP contribution in [0.5, 0.6) is 0 Å². The molecule has 0 radical (unpaired) electrons. The molecule has 3 heteroatoms. The average molecular weight is 154 g/mol. The van der Waals surface area contributed by atoms with E-state index in [1.54, 1.807) is 0 Å². The fourth-order valence-corrected chi connectivity index (χ4v) is 1.36. The highest BCUT2D eigenvalue weighted by Crippen LogP contribution is 2.17. The molecular formula is C8H10O3. The summed E-state index contributed by atoms with van der Waals surface area (Å²) in [6.07, 6.45) is 1.38. The van der Waals surface area contributed by atoms with E-state index in [2.05, 4.69) is 0 Å². The SMILES string of the molecule is CC(=O)C1C(=O)CCCC1=O. The molecule has 11 heavy (non-hydrogen) atoms. The number of rotatable bonds is 1. The molecule has 0 amide bonds. The standard InChI is InChI=1S/C8H10O3/c1-5(9)8-6(10)3-2-4-7(8)11/h8H,2-4H2,1H3. The minimum absolute atomic E-state index is 0.200. The first-order chi connectivity index (χ1) is 5.13. The lowest BCUT2D eigenvalue weighted by atomic mass is 9.84. The molecule has 3 nitrogen and oxygen atoms in total. The summed E-state index contributed by atoms with van der Waals surface area (Å²) in [4.78, 5) is 32.8. The molecule has 0 aliphatic heterocycles. The van der Waals surface area contributed by atoms with Gasteiger partial charge in [-0.2, -0.15) is 0 Å². The molecule has 0 unspecified atom stereocenters. The van der Waals surface area contributed by atoms with E-state index in [-0.39, 0.29) is 17.3 Å². The molecule has 0 aromatic heterocycles. The van der Waals surface area contributed by atoms with Gasteiger partial charge in [0, 0.05) is 12.8 Å². The molecule has 0 N–H and O–H groups in total. The van der Waals surface area contributed by atoms with Crippen molar-refractivity contribution < 1.29 is 14.4 Å².